The van der Waals surface area contributed by atoms with Gasteiger partial charge in [0, 0.05) is 23.3 Å². The predicted octanol–water partition coefficient (Wildman–Crippen LogP) is 3.30. The SMILES string of the molecule is Cc1ccc(C2NC(c3ccc(O)cc3O)NC(c3ccc(O)cc3O)N2)c(C)c1. The highest BCUT2D eigenvalue weighted by atomic mass is 16.3. The third kappa shape index (κ3) is 3.91. The van der Waals surface area contributed by atoms with Crippen molar-refractivity contribution >= 4 is 0 Å². The summed E-state index contributed by atoms with van der Waals surface area (Å²) in [7, 11) is 0. The maximum Gasteiger partial charge on any atom is 0.125 e. The van der Waals surface area contributed by atoms with Gasteiger partial charge in [-0.2, -0.15) is 0 Å². The molecule has 0 saturated carbocycles. The van der Waals surface area contributed by atoms with Crippen LogP contribution >= 0.6 is 0 Å². The normalized spacial score (nSPS) is 21.5. The minimum absolute atomic E-state index is 0.0242. The van der Waals surface area contributed by atoms with E-state index in [0.29, 0.717) is 11.1 Å². The van der Waals surface area contributed by atoms with Gasteiger partial charge < -0.3 is 20.4 Å². The Labute approximate surface area is 174 Å². The minimum Gasteiger partial charge on any atom is -0.508 e. The van der Waals surface area contributed by atoms with E-state index < -0.39 is 12.3 Å². The molecular formula is C23H25N3O4. The molecule has 7 nitrogen and oxygen atoms in total. The van der Waals surface area contributed by atoms with Crippen molar-refractivity contribution in [1.82, 2.24) is 16.0 Å². The molecule has 3 aromatic carbocycles. The van der Waals surface area contributed by atoms with E-state index in [0.717, 1.165) is 16.7 Å². The third-order valence-corrected chi connectivity index (χ3v) is 5.39. The quantitative estimate of drug-likeness (QED) is 0.356. The van der Waals surface area contributed by atoms with Gasteiger partial charge in [0.15, 0.2) is 0 Å². The zero-order valence-electron chi connectivity index (χ0n) is 16.7. The first-order valence-electron chi connectivity index (χ1n) is 9.71. The molecule has 0 spiro atoms. The summed E-state index contributed by atoms with van der Waals surface area (Å²) in [6.45, 7) is 4.07. The second kappa shape index (κ2) is 7.87. The van der Waals surface area contributed by atoms with Crippen LogP contribution in [0.5, 0.6) is 23.0 Å². The summed E-state index contributed by atoms with van der Waals surface area (Å²) in [6.07, 6.45) is -1.24. The molecule has 0 aliphatic carbocycles. The second-order valence-corrected chi connectivity index (χ2v) is 7.65. The highest BCUT2D eigenvalue weighted by Crippen LogP contribution is 2.36. The van der Waals surface area contributed by atoms with Gasteiger partial charge in [0.2, 0.25) is 0 Å². The van der Waals surface area contributed by atoms with E-state index >= 15 is 0 Å². The summed E-state index contributed by atoms with van der Waals surface area (Å²) in [6, 6.07) is 15.1. The van der Waals surface area contributed by atoms with Gasteiger partial charge in [-0.25, -0.2) is 0 Å². The van der Waals surface area contributed by atoms with Crippen molar-refractivity contribution in [2.24, 2.45) is 0 Å². The van der Waals surface area contributed by atoms with Gasteiger partial charge in [0.25, 0.3) is 0 Å². The van der Waals surface area contributed by atoms with Crippen molar-refractivity contribution in [2.75, 3.05) is 0 Å². The molecule has 7 N–H and O–H groups in total. The first kappa shape index (κ1) is 20.0. The lowest BCUT2D eigenvalue weighted by molar-refractivity contribution is 0.197. The van der Waals surface area contributed by atoms with Gasteiger partial charge in [-0.3, -0.25) is 16.0 Å². The molecule has 1 aliphatic heterocycles. The van der Waals surface area contributed by atoms with Crippen LogP contribution in [-0.2, 0) is 0 Å². The largest absolute Gasteiger partial charge is 0.508 e. The van der Waals surface area contributed by atoms with Crippen molar-refractivity contribution in [2.45, 2.75) is 32.3 Å². The first-order chi connectivity index (χ1) is 14.3. The van der Waals surface area contributed by atoms with Crippen molar-refractivity contribution in [3.63, 3.8) is 0 Å². The van der Waals surface area contributed by atoms with Gasteiger partial charge >= 0.3 is 0 Å². The van der Waals surface area contributed by atoms with Crippen molar-refractivity contribution in [3.8, 4) is 23.0 Å². The van der Waals surface area contributed by atoms with Crippen LogP contribution in [-0.4, -0.2) is 20.4 Å². The average Bonchev–Trinajstić information content (AvgIpc) is 2.67. The Morgan fingerprint density at radius 3 is 1.43 bits per heavy atom. The van der Waals surface area contributed by atoms with Gasteiger partial charge in [-0.1, -0.05) is 23.8 Å². The first-order valence-corrected chi connectivity index (χ1v) is 9.71. The van der Waals surface area contributed by atoms with Crippen LogP contribution in [0.3, 0.4) is 0 Å². The van der Waals surface area contributed by atoms with E-state index in [4.69, 9.17) is 0 Å². The Hall–Kier alpha value is -3.26. The molecule has 1 aliphatic rings. The van der Waals surface area contributed by atoms with Crippen LogP contribution in [0.1, 0.15) is 46.3 Å². The summed E-state index contributed by atoms with van der Waals surface area (Å²) in [5, 5.41) is 50.3. The van der Waals surface area contributed by atoms with Crippen LogP contribution in [0.4, 0.5) is 0 Å². The monoisotopic (exact) mass is 407 g/mol. The molecule has 2 unspecified atom stereocenters. The molecule has 0 amide bonds. The van der Waals surface area contributed by atoms with Crippen molar-refractivity contribution < 1.29 is 20.4 Å². The summed E-state index contributed by atoms with van der Waals surface area (Å²) in [5.74, 6) is -0.141. The van der Waals surface area contributed by atoms with Crippen molar-refractivity contribution in [1.29, 1.82) is 0 Å². The molecule has 3 aromatic rings. The maximum absolute atomic E-state index is 10.4. The Kier molecular flexibility index (Phi) is 5.26. The van der Waals surface area contributed by atoms with Crippen molar-refractivity contribution in [3.05, 3.63) is 82.4 Å². The number of hydrogen-bond donors (Lipinski definition) is 7. The average molecular weight is 407 g/mol. The molecule has 1 fully saturated rings. The molecule has 2 atom stereocenters. The molecule has 156 valence electrons. The number of benzene rings is 3. The lowest BCUT2D eigenvalue weighted by atomic mass is 9.99. The number of nitrogens with one attached hydrogen (secondary N) is 3. The summed E-state index contributed by atoms with van der Waals surface area (Å²) in [5.41, 5.74) is 4.42. The van der Waals surface area contributed by atoms with Gasteiger partial charge in [-0.15, -0.1) is 0 Å². The highest BCUT2D eigenvalue weighted by molar-refractivity contribution is 5.44. The Morgan fingerprint density at radius 2 is 1.00 bits per heavy atom. The summed E-state index contributed by atoms with van der Waals surface area (Å²) < 4.78 is 0. The Balaban J connectivity index is 1.75. The highest BCUT2D eigenvalue weighted by Gasteiger charge is 2.32. The van der Waals surface area contributed by atoms with Gasteiger partial charge in [0.1, 0.15) is 23.0 Å². The van der Waals surface area contributed by atoms with Crippen LogP contribution in [0.2, 0.25) is 0 Å². The fourth-order valence-electron chi connectivity index (χ4n) is 3.88. The standard InChI is InChI=1S/C23H25N3O4/c1-12-3-6-16(13(2)9-12)21-24-22(17-7-4-14(27)10-19(17)29)26-23(25-21)18-8-5-15(28)11-20(18)30/h3-11,21-30H,1-2H3. The van der Waals surface area contributed by atoms with Crippen LogP contribution in [0.25, 0.3) is 0 Å². The van der Waals surface area contributed by atoms with E-state index in [9.17, 15) is 20.4 Å². The van der Waals surface area contributed by atoms with Gasteiger partial charge in [-0.05, 0) is 49.2 Å². The van der Waals surface area contributed by atoms with Crippen LogP contribution in [0.15, 0.2) is 54.6 Å². The van der Waals surface area contributed by atoms with E-state index in [1.165, 1.54) is 24.3 Å². The number of phenols is 4. The lowest BCUT2D eigenvalue weighted by Crippen LogP contribution is -2.54. The van der Waals surface area contributed by atoms with E-state index in [2.05, 4.69) is 22.0 Å². The lowest BCUT2D eigenvalue weighted by Gasteiger charge is -2.40. The minimum atomic E-state index is -0.476. The summed E-state index contributed by atoms with van der Waals surface area (Å²) in [4.78, 5) is 0. The van der Waals surface area contributed by atoms with E-state index in [-0.39, 0.29) is 29.2 Å². The van der Waals surface area contributed by atoms with Crippen LogP contribution in [0, 0.1) is 13.8 Å². The van der Waals surface area contributed by atoms with Crippen LogP contribution < -0.4 is 16.0 Å². The van der Waals surface area contributed by atoms with E-state index in [1.807, 2.05) is 26.0 Å². The number of aryl methyl sites for hydroxylation is 2. The molecule has 0 aromatic heterocycles. The fraction of sp³-hybridized carbons (Fsp3) is 0.217. The third-order valence-electron chi connectivity index (χ3n) is 5.39. The smallest absolute Gasteiger partial charge is 0.125 e. The molecule has 0 bridgehead atoms. The number of aromatic hydroxyl groups is 4. The van der Waals surface area contributed by atoms with E-state index in [1.54, 1.807) is 12.1 Å². The second-order valence-electron chi connectivity index (χ2n) is 7.65. The molecular weight excluding hydrogens is 382 g/mol. The molecule has 0 radical (unpaired) electrons. The predicted molar refractivity (Wildman–Crippen MR) is 113 cm³/mol. The fourth-order valence-corrected chi connectivity index (χ4v) is 3.88. The zero-order chi connectivity index (χ0) is 21.4. The van der Waals surface area contributed by atoms with Gasteiger partial charge in [0.05, 0.1) is 18.5 Å². The Morgan fingerprint density at radius 1 is 0.567 bits per heavy atom. The maximum atomic E-state index is 10.4. The number of hydrogen-bond acceptors (Lipinski definition) is 7. The molecule has 1 heterocycles. The molecule has 1 saturated heterocycles. The molecule has 30 heavy (non-hydrogen) atoms. The number of phenolic OH excluding ortho intramolecular Hbond substituents is 4. The molecule has 7 heteroatoms. The Bertz CT molecular complexity index is 943. The zero-order valence-corrected chi connectivity index (χ0v) is 16.7. The summed E-state index contributed by atoms with van der Waals surface area (Å²) >= 11 is 0. The molecule has 4 rings (SSSR count). The number of rotatable bonds is 3. The topological polar surface area (TPSA) is 117 Å².